The maximum absolute atomic E-state index is 11.6. The van der Waals surface area contributed by atoms with Crippen LogP contribution in [0.15, 0.2) is 24.8 Å². The van der Waals surface area contributed by atoms with E-state index in [1.807, 2.05) is 13.8 Å². The number of carbonyl (C=O) groups excluding carboxylic acids is 1. The fourth-order valence-corrected chi connectivity index (χ4v) is 1.81. The van der Waals surface area contributed by atoms with Crippen molar-refractivity contribution in [2.75, 3.05) is 7.11 Å². The molecule has 0 saturated carbocycles. The Labute approximate surface area is 108 Å². The zero-order valence-corrected chi connectivity index (χ0v) is 11.4. The van der Waals surface area contributed by atoms with Gasteiger partial charge < -0.3 is 9.47 Å². The minimum atomic E-state index is 0.0168. The lowest BCUT2D eigenvalue weighted by molar-refractivity contribution is 0.101. The number of allylic oxidation sites excluding steroid dienone is 1. The first kappa shape index (κ1) is 14.3. The van der Waals surface area contributed by atoms with Crippen LogP contribution in [-0.4, -0.2) is 19.0 Å². The van der Waals surface area contributed by atoms with Crippen molar-refractivity contribution in [2.45, 2.75) is 33.3 Å². The zero-order chi connectivity index (χ0) is 13.7. The van der Waals surface area contributed by atoms with Crippen LogP contribution in [0, 0.1) is 0 Å². The standard InChI is InChI=1S/C15H20O3/c1-6-7-13-12(11(4)16)8-9-14(17-5)15(13)18-10(2)3/h6,8-10H,1,7H2,2-5H3. The van der Waals surface area contributed by atoms with E-state index in [2.05, 4.69) is 6.58 Å². The van der Waals surface area contributed by atoms with Gasteiger partial charge in [-0.2, -0.15) is 0 Å². The van der Waals surface area contributed by atoms with Crippen molar-refractivity contribution in [1.29, 1.82) is 0 Å². The van der Waals surface area contributed by atoms with Crippen LogP contribution in [0.5, 0.6) is 11.5 Å². The van der Waals surface area contributed by atoms with Crippen molar-refractivity contribution in [3.05, 3.63) is 35.9 Å². The molecule has 3 heteroatoms. The molecule has 0 saturated heterocycles. The summed E-state index contributed by atoms with van der Waals surface area (Å²) in [5.41, 5.74) is 1.50. The van der Waals surface area contributed by atoms with Crippen LogP contribution >= 0.6 is 0 Å². The summed E-state index contributed by atoms with van der Waals surface area (Å²) in [5, 5.41) is 0. The number of ether oxygens (including phenoxy) is 2. The Morgan fingerprint density at radius 2 is 2.11 bits per heavy atom. The quantitative estimate of drug-likeness (QED) is 0.571. The summed E-state index contributed by atoms with van der Waals surface area (Å²) in [7, 11) is 1.59. The van der Waals surface area contributed by atoms with E-state index in [1.54, 1.807) is 32.2 Å². The zero-order valence-electron chi connectivity index (χ0n) is 11.4. The van der Waals surface area contributed by atoms with Crippen molar-refractivity contribution < 1.29 is 14.3 Å². The maximum atomic E-state index is 11.6. The third-order valence-electron chi connectivity index (χ3n) is 2.53. The van der Waals surface area contributed by atoms with Gasteiger partial charge in [-0.05, 0) is 39.3 Å². The Morgan fingerprint density at radius 1 is 1.44 bits per heavy atom. The first-order valence-electron chi connectivity index (χ1n) is 5.99. The molecule has 0 radical (unpaired) electrons. The smallest absolute Gasteiger partial charge is 0.165 e. The second kappa shape index (κ2) is 6.24. The van der Waals surface area contributed by atoms with E-state index < -0.39 is 0 Å². The van der Waals surface area contributed by atoms with Gasteiger partial charge in [0.25, 0.3) is 0 Å². The molecule has 0 bridgehead atoms. The molecule has 0 aromatic heterocycles. The molecule has 0 N–H and O–H groups in total. The molecule has 0 aliphatic carbocycles. The van der Waals surface area contributed by atoms with Crippen LogP contribution in [0.2, 0.25) is 0 Å². The second-order valence-corrected chi connectivity index (χ2v) is 4.34. The van der Waals surface area contributed by atoms with E-state index in [1.165, 1.54) is 0 Å². The fraction of sp³-hybridized carbons (Fsp3) is 0.400. The van der Waals surface area contributed by atoms with Crippen LogP contribution in [-0.2, 0) is 6.42 Å². The largest absolute Gasteiger partial charge is 0.493 e. The van der Waals surface area contributed by atoms with Crippen LogP contribution in [0.3, 0.4) is 0 Å². The number of Topliss-reactive ketones (excluding diaryl/α,β-unsaturated/α-hetero) is 1. The van der Waals surface area contributed by atoms with Crippen molar-refractivity contribution in [3.63, 3.8) is 0 Å². The molecule has 18 heavy (non-hydrogen) atoms. The molecule has 0 unspecified atom stereocenters. The first-order valence-corrected chi connectivity index (χ1v) is 5.99. The van der Waals surface area contributed by atoms with Crippen LogP contribution in [0.1, 0.15) is 36.7 Å². The summed E-state index contributed by atoms with van der Waals surface area (Å²) < 4.78 is 11.1. The Kier molecular flexibility index (Phi) is 4.95. The Morgan fingerprint density at radius 3 is 2.56 bits per heavy atom. The van der Waals surface area contributed by atoms with Gasteiger partial charge in [0.05, 0.1) is 13.2 Å². The average molecular weight is 248 g/mol. The maximum Gasteiger partial charge on any atom is 0.165 e. The SMILES string of the molecule is C=CCc1c(C(C)=O)ccc(OC)c1OC(C)C. The fourth-order valence-electron chi connectivity index (χ4n) is 1.81. The highest BCUT2D eigenvalue weighted by molar-refractivity contribution is 5.96. The van der Waals surface area contributed by atoms with Gasteiger partial charge in [0, 0.05) is 11.1 Å². The van der Waals surface area contributed by atoms with E-state index in [0.717, 1.165) is 5.56 Å². The van der Waals surface area contributed by atoms with Crippen LogP contribution < -0.4 is 9.47 Å². The predicted octanol–water partition coefficient (Wildman–Crippen LogP) is 3.41. The number of hydrogen-bond acceptors (Lipinski definition) is 3. The summed E-state index contributed by atoms with van der Waals surface area (Å²) in [4.78, 5) is 11.6. The van der Waals surface area contributed by atoms with Gasteiger partial charge in [-0.15, -0.1) is 6.58 Å². The predicted molar refractivity (Wildman–Crippen MR) is 72.7 cm³/mol. The minimum Gasteiger partial charge on any atom is -0.493 e. The summed E-state index contributed by atoms with van der Waals surface area (Å²) in [6.07, 6.45) is 2.35. The number of ketones is 1. The molecule has 1 aromatic rings. The van der Waals surface area contributed by atoms with E-state index >= 15 is 0 Å². The molecule has 1 aromatic carbocycles. The molecule has 98 valence electrons. The van der Waals surface area contributed by atoms with E-state index in [-0.39, 0.29) is 11.9 Å². The van der Waals surface area contributed by atoms with E-state index in [9.17, 15) is 4.79 Å². The van der Waals surface area contributed by atoms with E-state index in [4.69, 9.17) is 9.47 Å². The topological polar surface area (TPSA) is 35.5 Å². The molecule has 0 amide bonds. The van der Waals surface area contributed by atoms with E-state index in [0.29, 0.717) is 23.5 Å². The molecule has 3 nitrogen and oxygen atoms in total. The van der Waals surface area contributed by atoms with Crippen LogP contribution in [0.25, 0.3) is 0 Å². The molecular formula is C15H20O3. The van der Waals surface area contributed by atoms with Gasteiger partial charge in [0.2, 0.25) is 0 Å². The van der Waals surface area contributed by atoms with Crippen molar-refractivity contribution in [3.8, 4) is 11.5 Å². The number of hydrogen-bond donors (Lipinski definition) is 0. The monoisotopic (exact) mass is 248 g/mol. The average Bonchev–Trinajstić information content (AvgIpc) is 2.30. The molecule has 0 fully saturated rings. The van der Waals surface area contributed by atoms with Gasteiger partial charge in [-0.3, -0.25) is 4.79 Å². The molecule has 0 aliphatic rings. The van der Waals surface area contributed by atoms with Gasteiger partial charge in [-0.1, -0.05) is 6.08 Å². The number of benzene rings is 1. The Bertz CT molecular complexity index is 447. The van der Waals surface area contributed by atoms with Gasteiger partial charge >= 0.3 is 0 Å². The Balaban J connectivity index is 3.42. The van der Waals surface area contributed by atoms with Crippen molar-refractivity contribution >= 4 is 5.78 Å². The summed E-state index contributed by atoms with van der Waals surface area (Å²) in [6, 6.07) is 3.54. The van der Waals surface area contributed by atoms with Crippen molar-refractivity contribution in [1.82, 2.24) is 0 Å². The molecule has 0 spiro atoms. The Hall–Kier alpha value is -1.77. The van der Waals surface area contributed by atoms with Crippen molar-refractivity contribution in [2.24, 2.45) is 0 Å². The second-order valence-electron chi connectivity index (χ2n) is 4.34. The summed E-state index contributed by atoms with van der Waals surface area (Å²) >= 11 is 0. The lowest BCUT2D eigenvalue weighted by Gasteiger charge is -2.18. The normalized spacial score (nSPS) is 10.3. The molecule has 1 rings (SSSR count). The van der Waals surface area contributed by atoms with Crippen LogP contribution in [0.4, 0.5) is 0 Å². The third kappa shape index (κ3) is 3.13. The summed E-state index contributed by atoms with van der Waals surface area (Å²) in [5.74, 6) is 1.30. The third-order valence-corrected chi connectivity index (χ3v) is 2.53. The minimum absolute atomic E-state index is 0.0168. The number of methoxy groups -OCH3 is 1. The number of carbonyl (C=O) groups is 1. The number of rotatable bonds is 6. The van der Waals surface area contributed by atoms with Gasteiger partial charge in [0.15, 0.2) is 17.3 Å². The lowest BCUT2D eigenvalue weighted by atomic mass is 9.99. The molecule has 0 heterocycles. The van der Waals surface area contributed by atoms with Gasteiger partial charge in [0.1, 0.15) is 0 Å². The first-order chi connectivity index (χ1) is 8.51. The molecular weight excluding hydrogens is 228 g/mol. The highest BCUT2D eigenvalue weighted by Crippen LogP contribution is 2.35. The molecule has 0 atom stereocenters. The summed E-state index contributed by atoms with van der Waals surface area (Å²) in [6.45, 7) is 9.16. The highest BCUT2D eigenvalue weighted by Gasteiger charge is 2.17. The molecule has 0 aliphatic heterocycles. The van der Waals surface area contributed by atoms with Gasteiger partial charge in [-0.25, -0.2) is 0 Å². The highest BCUT2D eigenvalue weighted by atomic mass is 16.5. The lowest BCUT2D eigenvalue weighted by Crippen LogP contribution is -2.11.